The molecule has 122 valence electrons. The molecule has 0 aromatic heterocycles. The molecule has 0 aliphatic heterocycles. The van der Waals surface area contributed by atoms with E-state index in [4.69, 9.17) is 9.47 Å². The predicted octanol–water partition coefficient (Wildman–Crippen LogP) is 5.52. The van der Waals surface area contributed by atoms with Crippen LogP contribution in [0.4, 0.5) is 0 Å². The largest absolute Gasteiger partial charge is 0.497 e. The second-order valence-electron chi connectivity index (χ2n) is 5.86. The van der Waals surface area contributed by atoms with Gasteiger partial charge in [0.25, 0.3) is 0 Å². The van der Waals surface area contributed by atoms with Gasteiger partial charge in [0.15, 0.2) is 0 Å². The molecule has 0 aliphatic rings. The van der Waals surface area contributed by atoms with Gasteiger partial charge in [0.2, 0.25) is 0 Å². The summed E-state index contributed by atoms with van der Waals surface area (Å²) in [6.07, 6.45) is 0. The Kier molecular flexibility index (Phi) is 4.85. The molecule has 0 heterocycles. The van der Waals surface area contributed by atoms with Gasteiger partial charge in [0.05, 0.1) is 14.2 Å². The molecular weight excluding hydrogens is 296 g/mol. The number of benzene rings is 3. The molecule has 0 saturated heterocycles. The highest BCUT2D eigenvalue weighted by Gasteiger charge is 2.12. The molecule has 0 radical (unpaired) electrons. The van der Waals surface area contributed by atoms with Crippen LogP contribution in [0.15, 0.2) is 72.8 Å². The van der Waals surface area contributed by atoms with Crippen LogP contribution in [0.3, 0.4) is 0 Å². The summed E-state index contributed by atoms with van der Waals surface area (Å²) in [5.74, 6) is 1.90. The van der Waals surface area contributed by atoms with Crippen molar-refractivity contribution in [1.29, 1.82) is 0 Å². The van der Waals surface area contributed by atoms with Crippen molar-refractivity contribution >= 4 is 0 Å². The third-order valence-electron chi connectivity index (χ3n) is 4.39. The van der Waals surface area contributed by atoms with Crippen molar-refractivity contribution in [3.05, 3.63) is 83.9 Å². The smallest absolute Gasteiger partial charge is 0.122 e. The predicted molar refractivity (Wildman–Crippen MR) is 98.9 cm³/mol. The number of ether oxygens (including phenoxy) is 2. The molecule has 0 saturated carbocycles. The van der Waals surface area contributed by atoms with Crippen molar-refractivity contribution < 1.29 is 9.47 Å². The quantitative estimate of drug-likeness (QED) is 0.616. The Morgan fingerprint density at radius 2 is 1.17 bits per heavy atom. The van der Waals surface area contributed by atoms with E-state index in [1.54, 1.807) is 14.2 Å². The van der Waals surface area contributed by atoms with E-state index in [2.05, 4.69) is 67.6 Å². The highest BCUT2D eigenvalue weighted by Crippen LogP contribution is 2.32. The van der Waals surface area contributed by atoms with Crippen LogP contribution in [0.1, 0.15) is 24.0 Å². The van der Waals surface area contributed by atoms with Crippen molar-refractivity contribution in [2.45, 2.75) is 12.8 Å². The molecule has 1 atom stereocenters. The van der Waals surface area contributed by atoms with E-state index in [1.165, 1.54) is 22.3 Å². The molecule has 3 aromatic rings. The Balaban J connectivity index is 1.89. The van der Waals surface area contributed by atoms with Crippen molar-refractivity contribution in [3.8, 4) is 22.6 Å². The standard InChI is InChI=1S/C22H22O2/c1-16(20-13-21(23-2)15-22(14-20)24-3)17-9-11-19(12-10-17)18-7-5-4-6-8-18/h4-16H,1-3H3/t16-/m1/s1. The number of rotatable bonds is 5. The van der Waals surface area contributed by atoms with Gasteiger partial charge in [-0.2, -0.15) is 0 Å². The van der Waals surface area contributed by atoms with Crippen LogP contribution in [0, 0.1) is 0 Å². The van der Waals surface area contributed by atoms with E-state index in [1.807, 2.05) is 12.1 Å². The summed E-state index contributed by atoms with van der Waals surface area (Å²) >= 11 is 0. The SMILES string of the molecule is COc1cc(OC)cc([C@H](C)c2ccc(-c3ccccc3)cc2)c1. The maximum atomic E-state index is 5.38. The zero-order valence-electron chi connectivity index (χ0n) is 14.3. The first kappa shape index (κ1) is 16.1. The van der Waals surface area contributed by atoms with Crippen LogP contribution >= 0.6 is 0 Å². The Morgan fingerprint density at radius 3 is 1.71 bits per heavy atom. The number of methoxy groups -OCH3 is 2. The van der Waals surface area contributed by atoms with E-state index in [0.717, 1.165) is 11.5 Å². The first-order valence-corrected chi connectivity index (χ1v) is 8.09. The maximum absolute atomic E-state index is 5.38. The van der Waals surface area contributed by atoms with Gasteiger partial charge in [-0.15, -0.1) is 0 Å². The molecule has 0 fully saturated rings. The van der Waals surface area contributed by atoms with Crippen LogP contribution in [-0.2, 0) is 0 Å². The van der Waals surface area contributed by atoms with Gasteiger partial charge >= 0.3 is 0 Å². The highest BCUT2D eigenvalue weighted by atomic mass is 16.5. The summed E-state index contributed by atoms with van der Waals surface area (Å²) in [5, 5.41) is 0. The fraction of sp³-hybridized carbons (Fsp3) is 0.182. The molecule has 2 nitrogen and oxygen atoms in total. The van der Waals surface area contributed by atoms with Crippen LogP contribution in [0.5, 0.6) is 11.5 Å². The van der Waals surface area contributed by atoms with Crippen molar-refractivity contribution in [2.75, 3.05) is 14.2 Å². The summed E-state index contributed by atoms with van der Waals surface area (Å²) in [4.78, 5) is 0. The van der Waals surface area contributed by atoms with Crippen LogP contribution < -0.4 is 9.47 Å². The topological polar surface area (TPSA) is 18.5 Å². The van der Waals surface area contributed by atoms with Gasteiger partial charge in [-0.1, -0.05) is 61.5 Å². The zero-order chi connectivity index (χ0) is 16.9. The minimum atomic E-state index is 0.263. The van der Waals surface area contributed by atoms with Gasteiger partial charge in [0, 0.05) is 12.0 Å². The van der Waals surface area contributed by atoms with Crippen LogP contribution in [0.25, 0.3) is 11.1 Å². The second kappa shape index (κ2) is 7.22. The molecular formula is C22H22O2. The summed E-state index contributed by atoms with van der Waals surface area (Å²) in [6.45, 7) is 2.20. The first-order chi connectivity index (χ1) is 11.7. The first-order valence-electron chi connectivity index (χ1n) is 8.09. The van der Waals surface area contributed by atoms with Gasteiger partial charge in [-0.25, -0.2) is 0 Å². The normalized spacial score (nSPS) is 11.8. The highest BCUT2D eigenvalue weighted by molar-refractivity contribution is 5.63. The van der Waals surface area contributed by atoms with Crippen molar-refractivity contribution in [2.24, 2.45) is 0 Å². The second-order valence-corrected chi connectivity index (χ2v) is 5.86. The molecule has 0 amide bonds. The number of hydrogen-bond donors (Lipinski definition) is 0. The average molecular weight is 318 g/mol. The van der Waals surface area contributed by atoms with Crippen LogP contribution in [0.2, 0.25) is 0 Å². The lowest BCUT2D eigenvalue weighted by Crippen LogP contribution is -1.98. The molecule has 2 heteroatoms. The summed E-state index contributed by atoms with van der Waals surface area (Å²) < 4.78 is 10.8. The summed E-state index contributed by atoms with van der Waals surface area (Å²) in [5.41, 5.74) is 4.91. The molecule has 3 aromatic carbocycles. The van der Waals surface area contributed by atoms with E-state index in [9.17, 15) is 0 Å². The summed E-state index contributed by atoms with van der Waals surface area (Å²) in [7, 11) is 3.36. The molecule has 3 rings (SSSR count). The van der Waals surface area contributed by atoms with Crippen LogP contribution in [-0.4, -0.2) is 14.2 Å². The zero-order valence-corrected chi connectivity index (χ0v) is 14.3. The number of hydrogen-bond acceptors (Lipinski definition) is 2. The third-order valence-corrected chi connectivity index (χ3v) is 4.39. The molecule has 0 unspecified atom stereocenters. The van der Waals surface area contributed by atoms with Gasteiger partial charge in [-0.05, 0) is 34.4 Å². The van der Waals surface area contributed by atoms with Gasteiger partial charge < -0.3 is 9.47 Å². The van der Waals surface area contributed by atoms with E-state index >= 15 is 0 Å². The van der Waals surface area contributed by atoms with E-state index in [-0.39, 0.29) is 5.92 Å². The minimum absolute atomic E-state index is 0.263. The lowest BCUT2D eigenvalue weighted by Gasteiger charge is -2.16. The lowest BCUT2D eigenvalue weighted by atomic mass is 9.91. The van der Waals surface area contributed by atoms with E-state index in [0.29, 0.717) is 0 Å². The molecule has 0 N–H and O–H groups in total. The van der Waals surface area contributed by atoms with Crippen molar-refractivity contribution in [1.82, 2.24) is 0 Å². The van der Waals surface area contributed by atoms with Gasteiger partial charge in [-0.3, -0.25) is 0 Å². The maximum Gasteiger partial charge on any atom is 0.122 e. The Hall–Kier alpha value is -2.74. The molecule has 0 bridgehead atoms. The Morgan fingerprint density at radius 1 is 0.625 bits per heavy atom. The molecule has 0 spiro atoms. The fourth-order valence-corrected chi connectivity index (χ4v) is 2.87. The van der Waals surface area contributed by atoms with Gasteiger partial charge in [0.1, 0.15) is 11.5 Å². The fourth-order valence-electron chi connectivity index (χ4n) is 2.87. The molecule has 24 heavy (non-hydrogen) atoms. The Bertz CT molecular complexity index is 770. The minimum Gasteiger partial charge on any atom is -0.497 e. The summed E-state index contributed by atoms with van der Waals surface area (Å²) in [6, 6.07) is 25.2. The lowest BCUT2D eigenvalue weighted by molar-refractivity contribution is 0.393. The average Bonchev–Trinajstić information content (AvgIpc) is 2.67. The molecule has 0 aliphatic carbocycles. The Labute approximate surface area is 143 Å². The third kappa shape index (κ3) is 3.43. The van der Waals surface area contributed by atoms with Crippen molar-refractivity contribution in [3.63, 3.8) is 0 Å². The monoisotopic (exact) mass is 318 g/mol. The van der Waals surface area contributed by atoms with E-state index < -0.39 is 0 Å².